The number of carbonyl (C=O) groups is 2. The van der Waals surface area contributed by atoms with Gasteiger partial charge in [-0.25, -0.2) is 4.79 Å². The second kappa shape index (κ2) is 17.8. The lowest BCUT2D eigenvalue weighted by Crippen LogP contribution is -2.69. The summed E-state index contributed by atoms with van der Waals surface area (Å²) >= 11 is 0. The van der Waals surface area contributed by atoms with Crippen molar-refractivity contribution >= 4 is 11.8 Å². The Hall–Kier alpha value is -1.76. The molecule has 0 bridgehead atoms. The van der Waals surface area contributed by atoms with E-state index in [2.05, 4.69) is 47.6 Å². The molecular formula is C48H76O19. The van der Waals surface area contributed by atoms with Gasteiger partial charge < -0.3 is 84.6 Å². The van der Waals surface area contributed by atoms with Crippen molar-refractivity contribution in [3.63, 3.8) is 0 Å². The second-order valence-electron chi connectivity index (χ2n) is 23.5. The Morgan fingerprint density at radius 2 is 1.33 bits per heavy atom. The third kappa shape index (κ3) is 7.83. The van der Waals surface area contributed by atoms with Crippen LogP contribution in [0.2, 0.25) is 0 Å². The summed E-state index contributed by atoms with van der Waals surface area (Å²) in [5.41, 5.74) is -2.22. The molecule has 4 saturated carbocycles. The molecule has 0 aromatic carbocycles. The number of ketones is 1. The van der Waals surface area contributed by atoms with Crippen molar-refractivity contribution in [2.75, 3.05) is 13.2 Å². The first-order chi connectivity index (χ1) is 31.1. The minimum Gasteiger partial charge on any atom is -0.479 e. The number of Topliss-reactive ketones (excluding diaryl/α,β-unsaturated/α-hetero) is 1. The molecule has 3 saturated heterocycles. The molecular weight excluding hydrogens is 881 g/mol. The van der Waals surface area contributed by atoms with E-state index in [4.69, 9.17) is 28.4 Å². The highest BCUT2D eigenvalue weighted by Crippen LogP contribution is 2.75. The zero-order valence-corrected chi connectivity index (χ0v) is 39.9. The highest BCUT2D eigenvalue weighted by molar-refractivity contribution is 5.91. The standard InChI is InChI=1S/C48H76O19/c1-20-29(53)31(55)35(59)40(62-20)66-37-32(56)30(54)23(18-49)63-41(37)67-38-34(58)33(57)36(39(60)61)65-42(38)64-28-12-13-44(4)24(46(28,6)19-50)11-14-47(7)25(44)10-9-21-22-15-43(2,3)16-26(51)45(22,5)17-27(52)48(21,47)8/h9,20,22-26,28-38,40-42,49-51,53-59H,10-19H2,1-8H3,(H,60,61). The van der Waals surface area contributed by atoms with Crippen LogP contribution >= 0.6 is 0 Å². The number of carbonyl (C=O) groups excluding carboxylic acids is 1. The van der Waals surface area contributed by atoms with Crippen molar-refractivity contribution in [3.8, 4) is 0 Å². The smallest absolute Gasteiger partial charge is 0.335 e. The average Bonchev–Trinajstić information content (AvgIpc) is 3.26. The van der Waals surface area contributed by atoms with Gasteiger partial charge in [0.1, 0.15) is 66.8 Å². The van der Waals surface area contributed by atoms with Crippen LogP contribution in [0.4, 0.5) is 0 Å². The molecule has 7 fully saturated rings. The van der Waals surface area contributed by atoms with Gasteiger partial charge >= 0.3 is 5.97 Å². The molecule has 3 heterocycles. The fraction of sp³-hybridized carbons (Fsp3) is 0.917. The monoisotopic (exact) mass is 956 g/mol. The van der Waals surface area contributed by atoms with Gasteiger partial charge in [-0.1, -0.05) is 53.2 Å². The van der Waals surface area contributed by atoms with Crippen LogP contribution in [0.15, 0.2) is 11.6 Å². The summed E-state index contributed by atoms with van der Waals surface area (Å²) in [5, 5.41) is 120. The van der Waals surface area contributed by atoms with Crippen LogP contribution in [0, 0.1) is 50.2 Å². The summed E-state index contributed by atoms with van der Waals surface area (Å²) in [5.74, 6) is -1.63. The van der Waals surface area contributed by atoms with E-state index < -0.39 is 144 Å². The summed E-state index contributed by atoms with van der Waals surface area (Å²) in [7, 11) is 0. The Morgan fingerprint density at radius 1 is 0.701 bits per heavy atom. The molecule has 19 nitrogen and oxygen atoms in total. The van der Waals surface area contributed by atoms with Crippen molar-refractivity contribution in [2.24, 2.45) is 50.2 Å². The van der Waals surface area contributed by atoms with Crippen molar-refractivity contribution in [3.05, 3.63) is 11.6 Å². The zero-order valence-electron chi connectivity index (χ0n) is 39.9. The van der Waals surface area contributed by atoms with Gasteiger partial charge in [-0.3, -0.25) is 4.79 Å². The number of rotatable bonds is 9. The molecule has 67 heavy (non-hydrogen) atoms. The van der Waals surface area contributed by atoms with E-state index in [9.17, 15) is 65.8 Å². The summed E-state index contributed by atoms with van der Waals surface area (Å²) in [6, 6.07) is 0. The van der Waals surface area contributed by atoms with Gasteiger partial charge in [-0.05, 0) is 92.8 Å². The fourth-order valence-corrected chi connectivity index (χ4v) is 14.9. The third-order valence-electron chi connectivity index (χ3n) is 19.3. The molecule has 3 aliphatic heterocycles. The van der Waals surface area contributed by atoms with Crippen LogP contribution in [-0.4, -0.2) is 185 Å². The van der Waals surface area contributed by atoms with Gasteiger partial charge in [0.25, 0.3) is 0 Å². The summed E-state index contributed by atoms with van der Waals surface area (Å²) < 4.78 is 36.1. The maximum Gasteiger partial charge on any atom is 0.335 e. The topological polar surface area (TPSA) is 312 Å². The van der Waals surface area contributed by atoms with E-state index in [1.165, 1.54) is 6.92 Å². The molecule has 8 aliphatic rings. The molecule has 0 spiro atoms. The number of aliphatic hydroxyl groups is 10. The Kier molecular flexibility index (Phi) is 13.7. The number of aliphatic hydroxyl groups excluding tert-OH is 10. The molecule has 0 radical (unpaired) electrons. The van der Waals surface area contributed by atoms with E-state index in [1.807, 2.05) is 6.92 Å². The lowest BCUT2D eigenvalue weighted by molar-refractivity contribution is -0.396. The molecule has 0 aromatic rings. The van der Waals surface area contributed by atoms with Crippen LogP contribution in [0.5, 0.6) is 0 Å². The Bertz CT molecular complexity index is 1900. The normalized spacial score (nSPS) is 55.3. The number of carboxylic acids is 1. The molecule has 8 rings (SSSR count). The minimum absolute atomic E-state index is 0.00480. The first-order valence-electron chi connectivity index (χ1n) is 24.2. The number of carboxylic acid groups (broad SMARTS) is 1. The Balaban J connectivity index is 1.09. The van der Waals surface area contributed by atoms with E-state index >= 15 is 0 Å². The molecule has 382 valence electrons. The molecule has 0 aromatic heterocycles. The maximum atomic E-state index is 14.8. The summed E-state index contributed by atoms with van der Waals surface area (Å²) in [6.07, 6.45) is -21.2. The Labute approximate surface area is 391 Å². The van der Waals surface area contributed by atoms with Crippen molar-refractivity contribution < 1.29 is 94.2 Å². The van der Waals surface area contributed by atoms with Crippen LogP contribution < -0.4 is 0 Å². The number of fused-ring (bicyclic) bond motifs is 7. The molecule has 11 N–H and O–H groups in total. The third-order valence-corrected chi connectivity index (χ3v) is 19.3. The van der Waals surface area contributed by atoms with Crippen LogP contribution in [0.3, 0.4) is 0 Å². The summed E-state index contributed by atoms with van der Waals surface area (Å²) in [6.45, 7) is 15.1. The van der Waals surface area contributed by atoms with Crippen LogP contribution in [0.25, 0.3) is 0 Å². The number of hydrogen-bond donors (Lipinski definition) is 11. The van der Waals surface area contributed by atoms with E-state index in [0.717, 1.165) is 12.0 Å². The largest absolute Gasteiger partial charge is 0.479 e. The lowest BCUT2D eigenvalue weighted by Gasteiger charge is -2.71. The predicted octanol–water partition coefficient (Wildman–Crippen LogP) is -0.116. The average molecular weight is 957 g/mol. The van der Waals surface area contributed by atoms with Crippen molar-refractivity contribution in [1.29, 1.82) is 0 Å². The predicted molar refractivity (Wildman–Crippen MR) is 231 cm³/mol. The van der Waals surface area contributed by atoms with Crippen molar-refractivity contribution in [1.82, 2.24) is 0 Å². The minimum atomic E-state index is -2.10. The van der Waals surface area contributed by atoms with Crippen molar-refractivity contribution in [2.45, 2.75) is 211 Å². The number of hydrogen-bond acceptors (Lipinski definition) is 18. The first-order valence-corrected chi connectivity index (χ1v) is 24.2. The van der Waals surface area contributed by atoms with Crippen LogP contribution in [0.1, 0.15) is 107 Å². The molecule has 0 amide bonds. The van der Waals surface area contributed by atoms with E-state index in [1.54, 1.807) is 0 Å². The first kappa shape index (κ1) is 51.6. The van der Waals surface area contributed by atoms with Gasteiger partial charge in [-0.2, -0.15) is 0 Å². The molecule has 25 atom stereocenters. The SMILES string of the molecule is CC1OC(OC2C(OC3C(OC4CCC5(C)C(CCC6(C)C5CC=C5C7CC(C)(C)CC(O)C7(C)CC(=O)C56C)C4(C)CO)OC(C(=O)O)C(O)C3O)OC(CO)C(O)C2O)C(O)C(O)C1O. The molecule has 19 heteroatoms. The molecule has 25 unspecified atom stereocenters. The maximum absolute atomic E-state index is 14.8. The van der Waals surface area contributed by atoms with E-state index in [-0.39, 0.29) is 35.6 Å². The van der Waals surface area contributed by atoms with Gasteiger partial charge in [0.15, 0.2) is 25.0 Å². The highest BCUT2D eigenvalue weighted by atomic mass is 16.8. The number of allylic oxidation sites excluding steroid dienone is 2. The lowest BCUT2D eigenvalue weighted by atomic mass is 9.33. The van der Waals surface area contributed by atoms with Gasteiger partial charge in [0.2, 0.25) is 0 Å². The quantitative estimate of drug-likeness (QED) is 0.106. The second-order valence-corrected chi connectivity index (χ2v) is 23.5. The number of ether oxygens (including phenoxy) is 6. The molecule has 5 aliphatic carbocycles. The highest BCUT2D eigenvalue weighted by Gasteiger charge is 2.72. The van der Waals surface area contributed by atoms with E-state index in [0.29, 0.717) is 44.9 Å². The van der Waals surface area contributed by atoms with Gasteiger partial charge in [-0.15, -0.1) is 0 Å². The zero-order chi connectivity index (χ0) is 49.3. The Morgan fingerprint density at radius 3 is 1.96 bits per heavy atom. The van der Waals surface area contributed by atoms with Crippen LogP contribution in [-0.2, 0) is 38.0 Å². The van der Waals surface area contributed by atoms with Gasteiger partial charge in [0, 0.05) is 17.3 Å². The number of aliphatic carboxylic acids is 1. The fourth-order valence-electron chi connectivity index (χ4n) is 14.9. The summed E-state index contributed by atoms with van der Waals surface area (Å²) in [4.78, 5) is 27.3. The van der Waals surface area contributed by atoms with Gasteiger partial charge in [0.05, 0.1) is 36.9 Å².